The molecule has 0 unspecified atom stereocenters. The van der Waals surface area contributed by atoms with Crippen LogP contribution in [0.5, 0.6) is 5.75 Å². The molecule has 0 aliphatic carbocycles. The SMILES string of the molecule is COc1ccc(CCC(=O)Nc2n[nH]c(-c3ccncc3)c2C)cc1. The number of nitrogens with zero attached hydrogens (tertiary/aromatic N) is 2. The van der Waals surface area contributed by atoms with E-state index in [0.717, 1.165) is 28.1 Å². The molecule has 3 rings (SSSR count). The summed E-state index contributed by atoms with van der Waals surface area (Å²) in [5.41, 5.74) is 3.86. The average Bonchev–Trinajstić information content (AvgIpc) is 3.01. The fraction of sp³-hybridized carbons (Fsp3) is 0.211. The average molecular weight is 336 g/mol. The monoisotopic (exact) mass is 336 g/mol. The van der Waals surface area contributed by atoms with Crippen molar-refractivity contribution in [1.82, 2.24) is 15.2 Å². The van der Waals surface area contributed by atoms with E-state index in [0.29, 0.717) is 18.7 Å². The maximum Gasteiger partial charge on any atom is 0.225 e. The molecule has 0 aliphatic heterocycles. The van der Waals surface area contributed by atoms with E-state index in [9.17, 15) is 4.79 Å². The fourth-order valence-electron chi connectivity index (χ4n) is 2.56. The molecule has 0 bridgehead atoms. The number of aryl methyl sites for hydroxylation is 1. The van der Waals surface area contributed by atoms with Gasteiger partial charge in [0.05, 0.1) is 12.8 Å². The van der Waals surface area contributed by atoms with Crippen LogP contribution in [0.4, 0.5) is 5.82 Å². The normalized spacial score (nSPS) is 10.5. The quantitative estimate of drug-likeness (QED) is 0.723. The number of aromatic amines is 1. The lowest BCUT2D eigenvalue weighted by atomic mass is 10.1. The van der Waals surface area contributed by atoms with Crippen molar-refractivity contribution in [1.29, 1.82) is 0 Å². The summed E-state index contributed by atoms with van der Waals surface area (Å²) in [6.45, 7) is 1.93. The molecule has 0 spiro atoms. The predicted octanol–water partition coefficient (Wildman–Crippen LogP) is 3.36. The standard InChI is InChI=1S/C19H20N4O2/c1-13-18(15-9-11-20-12-10-15)22-23-19(13)21-17(24)8-5-14-3-6-16(25-2)7-4-14/h3-4,6-7,9-12H,5,8H2,1-2H3,(H2,21,22,23,24). The molecule has 1 amide bonds. The molecule has 2 N–H and O–H groups in total. The Morgan fingerprint density at radius 3 is 2.56 bits per heavy atom. The Balaban J connectivity index is 1.60. The minimum absolute atomic E-state index is 0.0632. The van der Waals surface area contributed by atoms with Gasteiger partial charge >= 0.3 is 0 Å². The Hall–Kier alpha value is -3.15. The number of ether oxygens (including phenoxy) is 1. The number of carbonyl (C=O) groups is 1. The number of hydrogen-bond donors (Lipinski definition) is 2. The van der Waals surface area contributed by atoms with Crippen molar-refractivity contribution in [3.8, 4) is 17.0 Å². The number of benzene rings is 1. The molecule has 0 saturated carbocycles. The topological polar surface area (TPSA) is 79.9 Å². The van der Waals surface area contributed by atoms with Crippen molar-refractivity contribution in [3.05, 3.63) is 59.9 Å². The van der Waals surface area contributed by atoms with Gasteiger partial charge in [-0.3, -0.25) is 14.9 Å². The van der Waals surface area contributed by atoms with Gasteiger partial charge in [-0.15, -0.1) is 0 Å². The van der Waals surface area contributed by atoms with Crippen molar-refractivity contribution in [2.45, 2.75) is 19.8 Å². The summed E-state index contributed by atoms with van der Waals surface area (Å²) in [6.07, 6.45) is 4.51. The van der Waals surface area contributed by atoms with Gasteiger partial charge in [-0.25, -0.2) is 0 Å². The lowest BCUT2D eigenvalue weighted by Crippen LogP contribution is -2.13. The van der Waals surface area contributed by atoms with Crippen LogP contribution in [0.1, 0.15) is 17.5 Å². The van der Waals surface area contributed by atoms with Crippen molar-refractivity contribution in [2.24, 2.45) is 0 Å². The highest BCUT2D eigenvalue weighted by Gasteiger charge is 2.13. The second-order valence-electron chi connectivity index (χ2n) is 5.70. The molecule has 2 aromatic heterocycles. The number of H-pyrrole nitrogens is 1. The Morgan fingerprint density at radius 2 is 1.88 bits per heavy atom. The summed E-state index contributed by atoms with van der Waals surface area (Å²) < 4.78 is 5.13. The molecule has 3 aromatic rings. The van der Waals surface area contributed by atoms with Crippen LogP contribution >= 0.6 is 0 Å². The molecule has 6 heteroatoms. The van der Waals surface area contributed by atoms with Crippen LogP contribution in [0.15, 0.2) is 48.8 Å². The molecule has 6 nitrogen and oxygen atoms in total. The zero-order valence-corrected chi connectivity index (χ0v) is 14.2. The third kappa shape index (κ3) is 4.03. The number of carbonyl (C=O) groups excluding carboxylic acids is 1. The van der Waals surface area contributed by atoms with Crippen LogP contribution in [0, 0.1) is 6.92 Å². The highest BCUT2D eigenvalue weighted by Crippen LogP contribution is 2.25. The Kier molecular flexibility index (Phi) is 5.09. The highest BCUT2D eigenvalue weighted by molar-refractivity contribution is 5.91. The lowest BCUT2D eigenvalue weighted by Gasteiger charge is -2.05. The van der Waals surface area contributed by atoms with Crippen LogP contribution in [0.2, 0.25) is 0 Å². The molecule has 0 aliphatic rings. The smallest absolute Gasteiger partial charge is 0.225 e. The number of pyridine rings is 1. The van der Waals surface area contributed by atoms with Gasteiger partial charge in [0.15, 0.2) is 5.82 Å². The third-order valence-corrected chi connectivity index (χ3v) is 4.04. The number of aromatic nitrogens is 3. The molecule has 25 heavy (non-hydrogen) atoms. The van der Waals surface area contributed by atoms with Crippen LogP contribution in [-0.4, -0.2) is 28.2 Å². The first-order valence-corrected chi connectivity index (χ1v) is 8.05. The van der Waals surface area contributed by atoms with Gasteiger partial charge in [-0.2, -0.15) is 5.10 Å². The summed E-state index contributed by atoms with van der Waals surface area (Å²) in [6, 6.07) is 11.5. The Bertz CT molecular complexity index is 842. The number of nitrogens with one attached hydrogen (secondary N) is 2. The zero-order chi connectivity index (χ0) is 17.6. The number of anilines is 1. The predicted molar refractivity (Wildman–Crippen MR) is 96.5 cm³/mol. The summed E-state index contributed by atoms with van der Waals surface area (Å²) in [5.74, 6) is 1.31. The molecular formula is C19H20N4O2. The third-order valence-electron chi connectivity index (χ3n) is 4.04. The van der Waals surface area contributed by atoms with Gasteiger partial charge in [0.2, 0.25) is 5.91 Å². The van der Waals surface area contributed by atoms with E-state index in [1.807, 2.05) is 43.3 Å². The van der Waals surface area contributed by atoms with E-state index >= 15 is 0 Å². The largest absolute Gasteiger partial charge is 0.497 e. The van der Waals surface area contributed by atoms with Gasteiger partial charge in [-0.1, -0.05) is 12.1 Å². The number of methoxy groups -OCH3 is 1. The molecule has 2 heterocycles. The second-order valence-corrected chi connectivity index (χ2v) is 5.70. The first-order valence-electron chi connectivity index (χ1n) is 8.05. The molecule has 1 aromatic carbocycles. The molecule has 0 saturated heterocycles. The number of hydrogen-bond acceptors (Lipinski definition) is 4. The maximum absolute atomic E-state index is 12.2. The van der Waals surface area contributed by atoms with E-state index in [2.05, 4.69) is 20.5 Å². The van der Waals surface area contributed by atoms with Gasteiger partial charge in [-0.05, 0) is 43.2 Å². The Labute approximate surface area is 146 Å². The van der Waals surface area contributed by atoms with Crippen LogP contribution in [-0.2, 0) is 11.2 Å². The van der Waals surface area contributed by atoms with E-state index in [1.54, 1.807) is 19.5 Å². The number of amides is 1. The Morgan fingerprint density at radius 1 is 1.16 bits per heavy atom. The fourth-order valence-corrected chi connectivity index (χ4v) is 2.56. The van der Waals surface area contributed by atoms with E-state index in [-0.39, 0.29) is 5.91 Å². The summed E-state index contributed by atoms with van der Waals surface area (Å²) in [7, 11) is 1.63. The van der Waals surface area contributed by atoms with Gasteiger partial charge in [0.25, 0.3) is 0 Å². The van der Waals surface area contributed by atoms with Crippen molar-refractivity contribution >= 4 is 11.7 Å². The molecule has 0 radical (unpaired) electrons. The van der Waals surface area contributed by atoms with Crippen molar-refractivity contribution in [2.75, 3.05) is 12.4 Å². The lowest BCUT2D eigenvalue weighted by molar-refractivity contribution is -0.116. The molecule has 128 valence electrons. The minimum Gasteiger partial charge on any atom is -0.497 e. The molecular weight excluding hydrogens is 316 g/mol. The summed E-state index contributed by atoms with van der Waals surface area (Å²) in [4.78, 5) is 16.2. The molecule has 0 atom stereocenters. The number of rotatable bonds is 6. The minimum atomic E-state index is -0.0632. The van der Waals surface area contributed by atoms with Gasteiger partial charge < -0.3 is 10.1 Å². The van der Waals surface area contributed by atoms with Crippen LogP contribution in [0.25, 0.3) is 11.3 Å². The van der Waals surface area contributed by atoms with Crippen molar-refractivity contribution in [3.63, 3.8) is 0 Å². The van der Waals surface area contributed by atoms with E-state index < -0.39 is 0 Å². The molecule has 0 fully saturated rings. The van der Waals surface area contributed by atoms with E-state index in [1.165, 1.54) is 0 Å². The van der Waals surface area contributed by atoms with Gasteiger partial charge in [0, 0.05) is 29.9 Å². The summed E-state index contributed by atoms with van der Waals surface area (Å²) >= 11 is 0. The van der Waals surface area contributed by atoms with Crippen molar-refractivity contribution < 1.29 is 9.53 Å². The highest BCUT2D eigenvalue weighted by atomic mass is 16.5. The van der Waals surface area contributed by atoms with Crippen LogP contribution < -0.4 is 10.1 Å². The summed E-state index contributed by atoms with van der Waals surface area (Å²) in [5, 5.41) is 10.1. The maximum atomic E-state index is 12.2. The van der Waals surface area contributed by atoms with E-state index in [4.69, 9.17) is 4.74 Å². The first kappa shape index (κ1) is 16.7. The first-order chi connectivity index (χ1) is 12.2. The van der Waals surface area contributed by atoms with Gasteiger partial charge in [0.1, 0.15) is 5.75 Å². The second kappa shape index (κ2) is 7.61. The zero-order valence-electron chi connectivity index (χ0n) is 14.2. The van der Waals surface area contributed by atoms with Crippen LogP contribution in [0.3, 0.4) is 0 Å².